The number of aromatic nitrogens is 5. The van der Waals surface area contributed by atoms with Crippen molar-refractivity contribution in [3.8, 4) is 0 Å². The van der Waals surface area contributed by atoms with Gasteiger partial charge in [-0.3, -0.25) is 0 Å². The van der Waals surface area contributed by atoms with Crippen LogP contribution < -0.4 is 0 Å². The minimum absolute atomic E-state index is 0.713. The fourth-order valence-electron chi connectivity index (χ4n) is 0.604. The Hall–Kier alpha value is -1.52. The highest BCUT2D eigenvalue weighted by Crippen LogP contribution is 1.87. The summed E-state index contributed by atoms with van der Waals surface area (Å²) in [4.78, 5) is 3.87. The van der Waals surface area contributed by atoms with Crippen LogP contribution in [0, 0.1) is 0 Å². The first-order chi connectivity index (χ1) is 5.47. The average molecular weight is 151 g/mol. The highest BCUT2D eigenvalue weighted by atomic mass is 15.3. The number of hydrogen-bond donors (Lipinski definition) is 0. The fraction of sp³-hybridized carbons (Fsp3) is 0.333. The zero-order chi connectivity index (χ0) is 8.10. The van der Waals surface area contributed by atoms with Crippen molar-refractivity contribution in [2.24, 2.45) is 0 Å². The van der Waals surface area contributed by atoms with Gasteiger partial charge in [0.2, 0.25) is 0 Å². The molecule has 0 aromatic carbocycles. The molecule has 0 unspecified atom stereocenters. The molecule has 0 saturated heterocycles. The molecular weight excluding hydrogens is 142 g/mol. The normalized spacial score (nSPS) is 8.91. The van der Waals surface area contributed by atoms with E-state index in [0.29, 0.717) is 5.65 Å². The SMILES string of the molecule is CC.c1nc2cnncn2n1. The molecular formula is C6H9N5. The van der Waals surface area contributed by atoms with Gasteiger partial charge in [-0.2, -0.15) is 14.7 Å². The van der Waals surface area contributed by atoms with E-state index in [9.17, 15) is 0 Å². The van der Waals surface area contributed by atoms with Gasteiger partial charge in [-0.15, -0.1) is 5.10 Å². The molecule has 0 aliphatic heterocycles. The van der Waals surface area contributed by atoms with Crippen LogP contribution in [-0.4, -0.2) is 24.8 Å². The predicted octanol–water partition coefficient (Wildman–Crippen LogP) is 0.545. The van der Waals surface area contributed by atoms with E-state index in [1.165, 1.54) is 12.7 Å². The van der Waals surface area contributed by atoms with Crippen LogP contribution in [0.15, 0.2) is 18.9 Å². The summed E-state index contributed by atoms with van der Waals surface area (Å²) < 4.78 is 1.55. The van der Waals surface area contributed by atoms with Gasteiger partial charge in [0.05, 0.1) is 6.20 Å². The van der Waals surface area contributed by atoms with Crippen LogP contribution in [-0.2, 0) is 0 Å². The molecule has 0 fully saturated rings. The summed E-state index contributed by atoms with van der Waals surface area (Å²) in [6.45, 7) is 4.00. The second-order valence-corrected chi connectivity index (χ2v) is 1.54. The van der Waals surface area contributed by atoms with Crippen LogP contribution in [0.25, 0.3) is 5.65 Å². The second kappa shape index (κ2) is 3.60. The summed E-state index contributed by atoms with van der Waals surface area (Å²) in [5, 5.41) is 11.0. The molecule has 11 heavy (non-hydrogen) atoms. The first kappa shape index (κ1) is 7.59. The molecule has 2 aromatic heterocycles. The summed E-state index contributed by atoms with van der Waals surface area (Å²) in [6.07, 6.45) is 4.51. The number of hydrogen-bond acceptors (Lipinski definition) is 4. The lowest BCUT2D eigenvalue weighted by Gasteiger charge is -1.82. The third-order valence-corrected chi connectivity index (χ3v) is 1.00. The molecule has 0 radical (unpaired) electrons. The molecule has 0 spiro atoms. The maximum absolute atomic E-state index is 3.87. The molecule has 0 N–H and O–H groups in total. The second-order valence-electron chi connectivity index (χ2n) is 1.54. The van der Waals surface area contributed by atoms with Crippen LogP contribution in [0.4, 0.5) is 0 Å². The van der Waals surface area contributed by atoms with Gasteiger partial charge in [0.1, 0.15) is 12.7 Å². The quantitative estimate of drug-likeness (QED) is 0.551. The molecule has 5 nitrogen and oxygen atoms in total. The van der Waals surface area contributed by atoms with Crippen LogP contribution in [0.5, 0.6) is 0 Å². The molecule has 0 amide bonds. The maximum atomic E-state index is 3.87. The van der Waals surface area contributed by atoms with Crippen molar-refractivity contribution < 1.29 is 0 Å². The third kappa shape index (κ3) is 1.49. The van der Waals surface area contributed by atoms with Gasteiger partial charge < -0.3 is 0 Å². The van der Waals surface area contributed by atoms with E-state index in [1.807, 2.05) is 13.8 Å². The van der Waals surface area contributed by atoms with E-state index in [1.54, 1.807) is 10.7 Å². The Kier molecular flexibility index (Phi) is 2.48. The van der Waals surface area contributed by atoms with Crippen molar-refractivity contribution in [1.82, 2.24) is 24.8 Å². The monoisotopic (exact) mass is 151 g/mol. The fourth-order valence-corrected chi connectivity index (χ4v) is 0.604. The van der Waals surface area contributed by atoms with Gasteiger partial charge in [-0.05, 0) is 0 Å². The van der Waals surface area contributed by atoms with Gasteiger partial charge >= 0.3 is 0 Å². The van der Waals surface area contributed by atoms with Crippen LogP contribution in [0.1, 0.15) is 13.8 Å². The Labute approximate surface area is 64.1 Å². The third-order valence-electron chi connectivity index (χ3n) is 1.00. The van der Waals surface area contributed by atoms with Crippen molar-refractivity contribution in [2.75, 3.05) is 0 Å². The van der Waals surface area contributed by atoms with E-state index in [0.717, 1.165) is 0 Å². The predicted molar refractivity (Wildman–Crippen MR) is 39.9 cm³/mol. The Bertz CT molecular complexity index is 285. The molecule has 5 heteroatoms. The van der Waals surface area contributed by atoms with Gasteiger partial charge in [0.15, 0.2) is 5.65 Å². The van der Waals surface area contributed by atoms with Crippen molar-refractivity contribution >= 4 is 5.65 Å². The molecule has 2 rings (SSSR count). The zero-order valence-electron chi connectivity index (χ0n) is 6.47. The van der Waals surface area contributed by atoms with Crippen LogP contribution >= 0.6 is 0 Å². The highest BCUT2D eigenvalue weighted by Gasteiger charge is 1.89. The van der Waals surface area contributed by atoms with Crippen molar-refractivity contribution in [2.45, 2.75) is 13.8 Å². The molecule has 0 saturated carbocycles. The molecule has 0 bridgehead atoms. The molecule has 2 heterocycles. The molecule has 0 aliphatic carbocycles. The van der Waals surface area contributed by atoms with E-state index in [-0.39, 0.29) is 0 Å². The summed E-state index contributed by atoms with van der Waals surface area (Å²) in [6, 6.07) is 0. The smallest absolute Gasteiger partial charge is 0.177 e. The Morgan fingerprint density at radius 3 is 2.82 bits per heavy atom. The van der Waals surface area contributed by atoms with E-state index in [2.05, 4.69) is 20.3 Å². The lowest BCUT2D eigenvalue weighted by atomic mass is 10.8. The summed E-state index contributed by atoms with van der Waals surface area (Å²) in [7, 11) is 0. The molecule has 2 aromatic rings. The number of nitrogens with zero attached hydrogens (tertiary/aromatic N) is 5. The standard InChI is InChI=1S/C4H3N5.C2H6/c1-4-5-2-8-9(4)3-7-6-1;1-2/h1-3H;1-2H3. The molecule has 0 atom stereocenters. The Morgan fingerprint density at radius 1 is 1.27 bits per heavy atom. The van der Waals surface area contributed by atoms with E-state index in [4.69, 9.17) is 0 Å². The van der Waals surface area contributed by atoms with Crippen molar-refractivity contribution in [3.05, 3.63) is 18.9 Å². The molecule has 58 valence electrons. The largest absolute Gasteiger partial charge is 0.214 e. The first-order valence-corrected chi connectivity index (χ1v) is 3.43. The molecule has 0 aliphatic rings. The van der Waals surface area contributed by atoms with Gasteiger partial charge in [0, 0.05) is 0 Å². The van der Waals surface area contributed by atoms with Gasteiger partial charge in [-0.25, -0.2) is 4.98 Å². The van der Waals surface area contributed by atoms with E-state index < -0.39 is 0 Å². The summed E-state index contributed by atoms with van der Waals surface area (Å²) in [5.41, 5.74) is 0.713. The Morgan fingerprint density at radius 2 is 2.09 bits per heavy atom. The van der Waals surface area contributed by atoms with Crippen LogP contribution in [0.3, 0.4) is 0 Å². The van der Waals surface area contributed by atoms with E-state index >= 15 is 0 Å². The van der Waals surface area contributed by atoms with Crippen LogP contribution in [0.2, 0.25) is 0 Å². The highest BCUT2D eigenvalue weighted by molar-refractivity contribution is 5.29. The number of fused-ring (bicyclic) bond motifs is 1. The summed E-state index contributed by atoms with van der Waals surface area (Å²) >= 11 is 0. The van der Waals surface area contributed by atoms with Crippen molar-refractivity contribution in [1.29, 1.82) is 0 Å². The zero-order valence-corrected chi connectivity index (χ0v) is 6.47. The minimum atomic E-state index is 0.713. The Balaban J connectivity index is 0.000000281. The van der Waals surface area contributed by atoms with Crippen molar-refractivity contribution in [3.63, 3.8) is 0 Å². The van der Waals surface area contributed by atoms with Gasteiger partial charge in [-0.1, -0.05) is 13.8 Å². The lowest BCUT2D eigenvalue weighted by molar-refractivity contribution is 0.863. The lowest BCUT2D eigenvalue weighted by Crippen LogP contribution is -1.89. The summed E-state index contributed by atoms with van der Waals surface area (Å²) in [5.74, 6) is 0. The maximum Gasteiger partial charge on any atom is 0.177 e. The van der Waals surface area contributed by atoms with Gasteiger partial charge in [0.25, 0.3) is 0 Å². The first-order valence-electron chi connectivity index (χ1n) is 3.43. The number of rotatable bonds is 0. The topological polar surface area (TPSA) is 56.0 Å². The average Bonchev–Trinajstić information content (AvgIpc) is 2.55. The minimum Gasteiger partial charge on any atom is -0.214 e.